The zero-order valence-electron chi connectivity index (χ0n) is 9.62. The van der Waals surface area contributed by atoms with Crippen LogP contribution in [0.2, 0.25) is 0 Å². The maximum Gasteiger partial charge on any atom is 0.113 e. The van der Waals surface area contributed by atoms with Crippen LogP contribution in [0.4, 0.5) is 4.39 Å². The molecule has 0 saturated carbocycles. The number of nitrogens with zero attached hydrogens (tertiary/aromatic N) is 1. The first-order valence-electron chi connectivity index (χ1n) is 6.23. The molecule has 0 aromatic carbocycles. The van der Waals surface area contributed by atoms with Gasteiger partial charge in [-0.25, -0.2) is 4.39 Å². The van der Waals surface area contributed by atoms with Crippen molar-refractivity contribution in [2.75, 3.05) is 26.2 Å². The molecule has 0 N–H and O–H groups in total. The Kier molecular flexibility index (Phi) is 3.98. The van der Waals surface area contributed by atoms with Crippen molar-refractivity contribution in [2.24, 2.45) is 5.92 Å². The van der Waals surface area contributed by atoms with Gasteiger partial charge < -0.3 is 4.74 Å². The van der Waals surface area contributed by atoms with E-state index in [9.17, 15) is 4.39 Å². The van der Waals surface area contributed by atoms with Gasteiger partial charge in [0, 0.05) is 19.7 Å². The Morgan fingerprint density at radius 3 is 2.93 bits per heavy atom. The van der Waals surface area contributed by atoms with Crippen LogP contribution < -0.4 is 0 Å². The third-order valence-corrected chi connectivity index (χ3v) is 3.66. The Hall–Kier alpha value is -0.150. The normalized spacial score (nSPS) is 39.2. The fourth-order valence-corrected chi connectivity index (χ4v) is 2.64. The fraction of sp³-hybridized carbons (Fsp3) is 1.00. The van der Waals surface area contributed by atoms with E-state index in [0.717, 1.165) is 32.5 Å². The molecule has 2 aliphatic rings. The summed E-state index contributed by atoms with van der Waals surface area (Å²) in [5.41, 5.74) is 0. The first-order valence-corrected chi connectivity index (χ1v) is 6.23. The van der Waals surface area contributed by atoms with Crippen molar-refractivity contribution in [3.05, 3.63) is 0 Å². The number of ether oxygens (including phenoxy) is 1. The summed E-state index contributed by atoms with van der Waals surface area (Å²) >= 11 is 0. The van der Waals surface area contributed by atoms with Crippen molar-refractivity contribution in [3.8, 4) is 0 Å². The van der Waals surface area contributed by atoms with Gasteiger partial charge in [-0.1, -0.05) is 6.92 Å². The molecule has 0 amide bonds. The molecule has 3 unspecified atom stereocenters. The molecule has 2 heterocycles. The van der Waals surface area contributed by atoms with Crippen LogP contribution in [-0.4, -0.2) is 43.4 Å². The quantitative estimate of drug-likeness (QED) is 0.700. The highest BCUT2D eigenvalue weighted by Crippen LogP contribution is 2.22. The lowest BCUT2D eigenvalue weighted by Gasteiger charge is -2.36. The molecule has 3 heteroatoms. The summed E-state index contributed by atoms with van der Waals surface area (Å²) in [4.78, 5) is 2.24. The van der Waals surface area contributed by atoms with Crippen LogP contribution >= 0.6 is 0 Å². The summed E-state index contributed by atoms with van der Waals surface area (Å²) in [6.45, 7) is 5.74. The van der Waals surface area contributed by atoms with Crippen LogP contribution in [-0.2, 0) is 4.74 Å². The number of hydrogen-bond acceptors (Lipinski definition) is 2. The lowest BCUT2D eigenvalue weighted by molar-refractivity contribution is -0.0448. The number of alkyl halides is 1. The lowest BCUT2D eigenvalue weighted by Crippen LogP contribution is -2.44. The van der Waals surface area contributed by atoms with Crippen molar-refractivity contribution < 1.29 is 9.13 Å². The molecule has 0 aliphatic carbocycles. The molecule has 0 aromatic heterocycles. The minimum absolute atomic E-state index is 0.337. The summed E-state index contributed by atoms with van der Waals surface area (Å²) in [6, 6.07) is 0. The van der Waals surface area contributed by atoms with E-state index in [-0.39, 0.29) is 0 Å². The molecular formula is C12H22FNO. The third-order valence-electron chi connectivity index (χ3n) is 3.66. The van der Waals surface area contributed by atoms with Gasteiger partial charge in [-0.15, -0.1) is 0 Å². The van der Waals surface area contributed by atoms with Gasteiger partial charge in [0.2, 0.25) is 0 Å². The molecule has 88 valence electrons. The molecule has 2 rings (SSSR count). The van der Waals surface area contributed by atoms with E-state index in [4.69, 9.17) is 4.74 Å². The lowest BCUT2D eigenvalue weighted by atomic mass is 9.95. The predicted molar refractivity (Wildman–Crippen MR) is 58.7 cm³/mol. The summed E-state index contributed by atoms with van der Waals surface area (Å²) in [6.07, 6.45) is 3.92. The van der Waals surface area contributed by atoms with Gasteiger partial charge in [0.25, 0.3) is 0 Å². The Bertz CT molecular complexity index is 200. The molecule has 2 aliphatic heterocycles. The molecule has 0 spiro atoms. The zero-order valence-corrected chi connectivity index (χ0v) is 9.62. The number of piperidine rings is 1. The second-order valence-electron chi connectivity index (χ2n) is 5.03. The van der Waals surface area contributed by atoms with E-state index in [1.165, 1.54) is 12.8 Å². The van der Waals surface area contributed by atoms with Crippen LogP contribution in [0.1, 0.15) is 32.6 Å². The van der Waals surface area contributed by atoms with E-state index >= 15 is 0 Å². The second-order valence-corrected chi connectivity index (χ2v) is 5.03. The largest absolute Gasteiger partial charge is 0.377 e. The molecule has 15 heavy (non-hydrogen) atoms. The average Bonchev–Trinajstić information content (AvgIpc) is 2.22. The summed E-state index contributed by atoms with van der Waals surface area (Å²) in [5.74, 6) is 0.638. The van der Waals surface area contributed by atoms with E-state index < -0.39 is 6.17 Å². The highest BCUT2D eigenvalue weighted by atomic mass is 19.1. The first-order chi connectivity index (χ1) is 7.25. The van der Waals surface area contributed by atoms with Gasteiger partial charge in [-0.05, 0) is 38.1 Å². The van der Waals surface area contributed by atoms with Gasteiger partial charge in [0.05, 0.1) is 6.10 Å². The molecule has 2 nitrogen and oxygen atoms in total. The molecule has 0 bridgehead atoms. The molecule has 2 saturated heterocycles. The summed E-state index contributed by atoms with van der Waals surface area (Å²) < 4.78 is 19.0. The van der Waals surface area contributed by atoms with Gasteiger partial charge in [-0.3, -0.25) is 4.90 Å². The third kappa shape index (κ3) is 3.15. The van der Waals surface area contributed by atoms with Crippen LogP contribution in [0.5, 0.6) is 0 Å². The van der Waals surface area contributed by atoms with E-state index in [1.54, 1.807) is 0 Å². The van der Waals surface area contributed by atoms with E-state index in [2.05, 4.69) is 11.8 Å². The monoisotopic (exact) mass is 215 g/mol. The zero-order chi connectivity index (χ0) is 10.7. The number of likely N-dealkylation sites (tertiary alicyclic amines) is 1. The van der Waals surface area contributed by atoms with Crippen LogP contribution in [0, 0.1) is 5.92 Å². The Labute approximate surface area is 91.8 Å². The fourth-order valence-electron chi connectivity index (χ4n) is 2.64. The van der Waals surface area contributed by atoms with Gasteiger partial charge in [-0.2, -0.15) is 0 Å². The van der Waals surface area contributed by atoms with Crippen molar-refractivity contribution in [3.63, 3.8) is 0 Å². The van der Waals surface area contributed by atoms with Crippen LogP contribution in [0.15, 0.2) is 0 Å². The number of halogens is 1. The smallest absolute Gasteiger partial charge is 0.113 e. The van der Waals surface area contributed by atoms with E-state index in [1.807, 2.05) is 0 Å². The van der Waals surface area contributed by atoms with Gasteiger partial charge in [0.15, 0.2) is 0 Å². The van der Waals surface area contributed by atoms with E-state index in [0.29, 0.717) is 18.6 Å². The molecular weight excluding hydrogens is 193 g/mol. The average molecular weight is 215 g/mol. The Balaban J connectivity index is 1.79. The minimum atomic E-state index is -0.613. The Morgan fingerprint density at radius 1 is 1.33 bits per heavy atom. The maximum absolute atomic E-state index is 13.2. The van der Waals surface area contributed by atoms with Crippen molar-refractivity contribution in [1.29, 1.82) is 0 Å². The maximum atomic E-state index is 13.2. The molecule has 2 fully saturated rings. The first kappa shape index (κ1) is 11.3. The second kappa shape index (κ2) is 5.26. The molecule has 3 atom stereocenters. The molecule has 0 aromatic rings. The SMILES string of the molecule is CC1CCCOC1CN1CCCC(F)C1. The summed E-state index contributed by atoms with van der Waals surface area (Å²) in [5, 5.41) is 0. The van der Waals surface area contributed by atoms with Crippen molar-refractivity contribution in [2.45, 2.75) is 44.9 Å². The van der Waals surface area contributed by atoms with Crippen LogP contribution in [0.3, 0.4) is 0 Å². The molecule has 0 radical (unpaired) electrons. The number of hydrogen-bond donors (Lipinski definition) is 0. The highest BCUT2D eigenvalue weighted by molar-refractivity contribution is 4.79. The van der Waals surface area contributed by atoms with Crippen LogP contribution in [0.25, 0.3) is 0 Å². The Morgan fingerprint density at radius 2 is 2.20 bits per heavy atom. The summed E-state index contributed by atoms with van der Waals surface area (Å²) in [7, 11) is 0. The predicted octanol–water partition coefficient (Wildman–Crippen LogP) is 2.24. The minimum Gasteiger partial charge on any atom is -0.377 e. The standard InChI is InChI=1S/C12H22FNO/c1-10-4-3-7-15-12(10)9-14-6-2-5-11(13)8-14/h10-12H,2-9H2,1H3. The van der Waals surface area contributed by atoms with Crippen molar-refractivity contribution in [1.82, 2.24) is 4.90 Å². The highest BCUT2D eigenvalue weighted by Gasteiger charge is 2.27. The van der Waals surface area contributed by atoms with Gasteiger partial charge >= 0.3 is 0 Å². The van der Waals surface area contributed by atoms with Crippen molar-refractivity contribution >= 4 is 0 Å². The van der Waals surface area contributed by atoms with Gasteiger partial charge in [0.1, 0.15) is 6.17 Å². The topological polar surface area (TPSA) is 12.5 Å². The number of rotatable bonds is 2.